The number of hydrogen-bond donors (Lipinski definition) is 4. The molecule has 0 aromatic carbocycles. The Morgan fingerprint density at radius 3 is 2.45 bits per heavy atom. The summed E-state index contributed by atoms with van der Waals surface area (Å²) in [6.07, 6.45) is 3.71. The first-order valence-electron chi connectivity index (χ1n) is 7.50. The average molecular weight is 332 g/mol. The summed E-state index contributed by atoms with van der Waals surface area (Å²) in [5, 5.41) is 2.74. The van der Waals surface area contributed by atoms with Gasteiger partial charge >= 0.3 is 5.97 Å². The second kappa shape index (κ2) is 12.1. The van der Waals surface area contributed by atoms with E-state index >= 15 is 0 Å². The zero-order chi connectivity index (χ0) is 17.0. The minimum absolute atomic E-state index is 0.00774. The Balaban J connectivity index is 4.52. The summed E-state index contributed by atoms with van der Waals surface area (Å²) in [6, 6.07) is -0.685. The number of nitrogens with zero attached hydrogens (tertiary/aromatic N) is 1. The van der Waals surface area contributed by atoms with Gasteiger partial charge in [0.15, 0.2) is 5.96 Å². The Bertz CT molecular complexity index is 373. The molecular formula is C14H28N4O3S. The van der Waals surface area contributed by atoms with Crippen molar-refractivity contribution < 1.29 is 14.3 Å². The zero-order valence-corrected chi connectivity index (χ0v) is 14.3. The van der Waals surface area contributed by atoms with Crippen molar-refractivity contribution in [3.63, 3.8) is 0 Å². The van der Waals surface area contributed by atoms with Crippen LogP contribution in [0.1, 0.15) is 39.0 Å². The molecule has 0 aliphatic heterocycles. The zero-order valence-electron chi connectivity index (χ0n) is 13.4. The maximum Gasteiger partial charge on any atom is 0.328 e. The number of amides is 1. The minimum atomic E-state index is -0.685. The molecule has 0 saturated heterocycles. The Morgan fingerprint density at radius 2 is 1.95 bits per heavy atom. The van der Waals surface area contributed by atoms with Crippen molar-refractivity contribution in [1.82, 2.24) is 5.32 Å². The fraction of sp³-hybridized carbons (Fsp3) is 0.786. The van der Waals surface area contributed by atoms with Gasteiger partial charge in [0.1, 0.15) is 6.04 Å². The lowest BCUT2D eigenvalue weighted by Gasteiger charge is -2.20. The van der Waals surface area contributed by atoms with E-state index in [4.69, 9.17) is 16.2 Å². The largest absolute Gasteiger partial charge is 0.467 e. The monoisotopic (exact) mass is 332 g/mol. The van der Waals surface area contributed by atoms with Crippen molar-refractivity contribution in [2.75, 3.05) is 19.4 Å². The molecule has 1 amide bonds. The maximum atomic E-state index is 12.2. The van der Waals surface area contributed by atoms with Gasteiger partial charge in [0.2, 0.25) is 5.91 Å². The van der Waals surface area contributed by atoms with Crippen molar-refractivity contribution >= 4 is 30.5 Å². The molecular weight excluding hydrogens is 304 g/mol. The van der Waals surface area contributed by atoms with Crippen molar-refractivity contribution in [2.45, 2.75) is 45.1 Å². The van der Waals surface area contributed by atoms with Gasteiger partial charge in [0, 0.05) is 18.2 Å². The first kappa shape index (κ1) is 20.6. The number of methoxy groups -OCH3 is 1. The van der Waals surface area contributed by atoms with Crippen LogP contribution in [0.4, 0.5) is 0 Å². The third kappa shape index (κ3) is 8.76. The molecule has 128 valence electrons. The van der Waals surface area contributed by atoms with Crippen LogP contribution in [0.2, 0.25) is 0 Å². The van der Waals surface area contributed by atoms with Crippen molar-refractivity contribution in [3.8, 4) is 0 Å². The van der Waals surface area contributed by atoms with Crippen LogP contribution < -0.4 is 16.8 Å². The summed E-state index contributed by atoms with van der Waals surface area (Å²) in [4.78, 5) is 27.8. The molecule has 0 aliphatic rings. The van der Waals surface area contributed by atoms with Crippen molar-refractivity contribution in [3.05, 3.63) is 0 Å². The van der Waals surface area contributed by atoms with E-state index < -0.39 is 12.0 Å². The fourth-order valence-electron chi connectivity index (χ4n) is 1.94. The van der Waals surface area contributed by atoms with Crippen LogP contribution in [0.15, 0.2) is 4.99 Å². The fourth-order valence-corrected chi connectivity index (χ4v) is 2.29. The molecule has 0 aromatic rings. The smallest absolute Gasteiger partial charge is 0.328 e. The Kier molecular flexibility index (Phi) is 11.3. The van der Waals surface area contributed by atoms with E-state index in [2.05, 4.69) is 29.9 Å². The number of guanidine groups is 1. The van der Waals surface area contributed by atoms with Crippen LogP contribution in [-0.4, -0.2) is 43.3 Å². The number of carbonyl (C=O) groups is 2. The van der Waals surface area contributed by atoms with E-state index in [1.807, 2.05) is 0 Å². The van der Waals surface area contributed by atoms with Crippen LogP contribution in [0.25, 0.3) is 0 Å². The third-order valence-electron chi connectivity index (χ3n) is 3.24. The summed E-state index contributed by atoms with van der Waals surface area (Å²) in [5.41, 5.74) is 10.5. The molecule has 0 bridgehead atoms. The van der Waals surface area contributed by atoms with Gasteiger partial charge in [-0.25, -0.2) is 4.79 Å². The second-order valence-corrected chi connectivity index (χ2v) is 5.42. The molecule has 2 atom stereocenters. The summed E-state index contributed by atoms with van der Waals surface area (Å²) < 4.78 is 4.73. The molecule has 0 rings (SSSR count). The maximum absolute atomic E-state index is 12.2. The van der Waals surface area contributed by atoms with Gasteiger partial charge in [-0.2, -0.15) is 12.6 Å². The number of nitrogens with two attached hydrogens (primary N) is 2. The number of esters is 1. The van der Waals surface area contributed by atoms with Crippen molar-refractivity contribution in [1.29, 1.82) is 0 Å². The Morgan fingerprint density at radius 1 is 1.27 bits per heavy atom. The van der Waals surface area contributed by atoms with Crippen LogP contribution in [-0.2, 0) is 14.3 Å². The summed E-state index contributed by atoms with van der Waals surface area (Å²) in [7, 11) is 1.30. The van der Waals surface area contributed by atoms with E-state index in [1.165, 1.54) is 7.11 Å². The highest BCUT2D eigenvalue weighted by molar-refractivity contribution is 7.80. The number of thiol groups is 1. The summed E-state index contributed by atoms with van der Waals surface area (Å²) in [6.45, 7) is 2.46. The molecule has 8 heteroatoms. The number of ether oxygens (including phenoxy) is 1. The minimum Gasteiger partial charge on any atom is -0.467 e. The molecule has 22 heavy (non-hydrogen) atoms. The molecule has 0 heterocycles. The Hall–Kier alpha value is -1.44. The van der Waals surface area contributed by atoms with E-state index in [0.29, 0.717) is 25.1 Å². The predicted molar refractivity (Wildman–Crippen MR) is 90.7 cm³/mol. The first-order chi connectivity index (χ1) is 10.5. The number of carbonyl (C=O) groups excluding carboxylic acids is 2. The number of rotatable bonds is 11. The highest BCUT2D eigenvalue weighted by Gasteiger charge is 2.24. The molecule has 0 saturated carbocycles. The molecule has 0 spiro atoms. The molecule has 0 fully saturated rings. The topological polar surface area (TPSA) is 120 Å². The number of unbranched alkanes of at least 4 members (excludes halogenated alkanes) is 1. The molecule has 2 unspecified atom stereocenters. The lowest BCUT2D eigenvalue weighted by atomic mass is 10.0. The summed E-state index contributed by atoms with van der Waals surface area (Å²) in [5.74, 6) is -0.373. The number of hydrogen-bond acceptors (Lipinski definition) is 5. The van der Waals surface area contributed by atoms with Gasteiger partial charge in [0.25, 0.3) is 0 Å². The SMILES string of the molecule is CCCCC(CS)C(=O)NC(CCCN=C(N)N)C(=O)OC. The third-order valence-corrected chi connectivity index (χ3v) is 3.69. The molecule has 0 aromatic heterocycles. The lowest BCUT2D eigenvalue weighted by Crippen LogP contribution is -2.44. The van der Waals surface area contributed by atoms with Gasteiger partial charge in [-0.15, -0.1) is 0 Å². The Labute approximate surface area is 137 Å². The standard InChI is InChI=1S/C14H28N4O3S/c1-3-4-6-10(9-22)12(19)18-11(13(20)21-2)7-5-8-17-14(15)16/h10-11,22H,3-9H2,1-2H3,(H,18,19)(H4,15,16,17). The molecule has 5 N–H and O–H groups in total. The molecule has 7 nitrogen and oxygen atoms in total. The van der Waals surface area contributed by atoms with Gasteiger partial charge in [0.05, 0.1) is 7.11 Å². The van der Waals surface area contributed by atoms with Gasteiger partial charge in [-0.3, -0.25) is 9.79 Å². The highest BCUT2D eigenvalue weighted by atomic mass is 32.1. The normalized spacial score (nSPS) is 13.0. The van der Waals surface area contributed by atoms with Crippen LogP contribution in [0.3, 0.4) is 0 Å². The van der Waals surface area contributed by atoms with Crippen LogP contribution >= 0.6 is 12.6 Å². The average Bonchev–Trinajstić information content (AvgIpc) is 2.49. The van der Waals surface area contributed by atoms with Crippen molar-refractivity contribution in [2.24, 2.45) is 22.4 Å². The second-order valence-electron chi connectivity index (χ2n) is 5.05. The molecule has 0 aliphatic carbocycles. The van der Waals surface area contributed by atoms with E-state index in [1.54, 1.807) is 0 Å². The first-order valence-corrected chi connectivity index (χ1v) is 8.13. The van der Waals surface area contributed by atoms with Crippen LogP contribution in [0.5, 0.6) is 0 Å². The summed E-state index contributed by atoms with van der Waals surface area (Å²) >= 11 is 4.21. The number of nitrogens with one attached hydrogen (secondary N) is 1. The highest BCUT2D eigenvalue weighted by Crippen LogP contribution is 2.12. The van der Waals surface area contributed by atoms with E-state index in [-0.39, 0.29) is 17.8 Å². The van der Waals surface area contributed by atoms with Gasteiger partial charge < -0.3 is 21.5 Å². The van der Waals surface area contributed by atoms with E-state index in [0.717, 1.165) is 19.3 Å². The quantitative estimate of drug-likeness (QED) is 0.144. The van der Waals surface area contributed by atoms with Gasteiger partial charge in [-0.05, 0) is 19.3 Å². The lowest BCUT2D eigenvalue weighted by molar-refractivity contribution is -0.145. The molecule has 0 radical (unpaired) electrons. The van der Waals surface area contributed by atoms with Gasteiger partial charge in [-0.1, -0.05) is 19.8 Å². The van der Waals surface area contributed by atoms with E-state index in [9.17, 15) is 9.59 Å². The van der Waals surface area contributed by atoms with Crippen LogP contribution in [0, 0.1) is 5.92 Å². The predicted octanol–water partition coefficient (Wildman–Crippen LogP) is 0.434. The number of aliphatic imine (C=N–C) groups is 1.